The van der Waals surface area contributed by atoms with Gasteiger partial charge in [0.15, 0.2) is 0 Å². The average molecular weight is 245 g/mol. The Labute approximate surface area is 97.9 Å². The van der Waals surface area contributed by atoms with Gasteiger partial charge in [-0.2, -0.15) is 4.37 Å². The van der Waals surface area contributed by atoms with Crippen molar-refractivity contribution in [1.82, 2.24) is 14.1 Å². The highest BCUT2D eigenvalue weighted by molar-refractivity contribution is 6.99. The van der Waals surface area contributed by atoms with Gasteiger partial charge in [0.05, 0.1) is 18.3 Å². The van der Waals surface area contributed by atoms with Crippen molar-refractivity contribution in [3.05, 3.63) is 6.20 Å². The molecule has 2 N–H and O–H groups in total. The lowest BCUT2D eigenvalue weighted by atomic mass is 10.2. The summed E-state index contributed by atoms with van der Waals surface area (Å²) >= 11 is 1.09. The maximum Gasteiger partial charge on any atom is 0.245 e. The van der Waals surface area contributed by atoms with Crippen LogP contribution in [0.2, 0.25) is 0 Å². The summed E-state index contributed by atoms with van der Waals surface area (Å²) in [6.45, 7) is 2.26. The molecular weight excluding hydrogens is 230 g/mol. The number of aliphatic hydroxyl groups excluding tert-OH is 1. The van der Waals surface area contributed by atoms with Crippen molar-refractivity contribution >= 4 is 11.7 Å². The fourth-order valence-electron chi connectivity index (χ4n) is 1.46. The third kappa shape index (κ3) is 3.67. The molecule has 1 aliphatic rings. The summed E-state index contributed by atoms with van der Waals surface area (Å²) < 4.78 is 18.1. The highest BCUT2D eigenvalue weighted by Gasteiger charge is 2.16. The Bertz CT molecular complexity index is 290. The van der Waals surface area contributed by atoms with Crippen LogP contribution >= 0.6 is 11.7 Å². The molecule has 2 rings (SSSR count). The third-order valence-corrected chi connectivity index (χ3v) is 2.80. The van der Waals surface area contributed by atoms with Gasteiger partial charge in [-0.1, -0.05) is 0 Å². The quantitative estimate of drug-likeness (QED) is 0.714. The first-order valence-corrected chi connectivity index (χ1v) is 5.97. The van der Waals surface area contributed by atoms with E-state index < -0.39 is 6.10 Å². The molecule has 0 amide bonds. The van der Waals surface area contributed by atoms with Crippen molar-refractivity contribution < 1.29 is 14.6 Å². The van der Waals surface area contributed by atoms with E-state index in [9.17, 15) is 5.11 Å². The second-order valence-corrected chi connectivity index (χ2v) is 4.24. The first kappa shape index (κ1) is 11.7. The molecule has 0 radical (unpaired) electrons. The standard InChI is InChI=1S/C9H15N3O3S/c13-8(3-10-7-1-2-14-5-7)6-15-9-4-11-16-12-9/h4,7-8,10,13H,1-3,5-6H2. The second kappa shape index (κ2) is 6.09. The summed E-state index contributed by atoms with van der Waals surface area (Å²) in [6.07, 6.45) is 2.00. The zero-order chi connectivity index (χ0) is 11.2. The summed E-state index contributed by atoms with van der Waals surface area (Å²) in [7, 11) is 0. The zero-order valence-electron chi connectivity index (χ0n) is 8.83. The van der Waals surface area contributed by atoms with Crippen LogP contribution in [0.4, 0.5) is 0 Å². The number of hydrogen-bond donors (Lipinski definition) is 2. The van der Waals surface area contributed by atoms with Crippen molar-refractivity contribution in [2.75, 3.05) is 26.4 Å². The van der Waals surface area contributed by atoms with E-state index in [1.807, 2.05) is 0 Å². The minimum Gasteiger partial charge on any atom is -0.473 e. The first-order chi connectivity index (χ1) is 7.84. The van der Waals surface area contributed by atoms with Crippen molar-refractivity contribution in [2.45, 2.75) is 18.6 Å². The highest BCUT2D eigenvalue weighted by atomic mass is 32.1. The number of rotatable bonds is 6. The molecule has 16 heavy (non-hydrogen) atoms. The van der Waals surface area contributed by atoms with Crippen LogP contribution in [-0.4, -0.2) is 52.4 Å². The summed E-state index contributed by atoms with van der Waals surface area (Å²) in [4.78, 5) is 0. The molecule has 6 nitrogen and oxygen atoms in total. The van der Waals surface area contributed by atoms with Gasteiger partial charge in [-0.15, -0.1) is 4.37 Å². The molecule has 2 atom stereocenters. The topological polar surface area (TPSA) is 76.5 Å². The van der Waals surface area contributed by atoms with Gasteiger partial charge >= 0.3 is 0 Å². The maximum atomic E-state index is 9.64. The Hall–Kier alpha value is -0.760. The Morgan fingerprint density at radius 1 is 1.75 bits per heavy atom. The van der Waals surface area contributed by atoms with Crippen molar-refractivity contribution in [3.8, 4) is 5.88 Å². The monoisotopic (exact) mass is 245 g/mol. The first-order valence-electron chi connectivity index (χ1n) is 5.24. The van der Waals surface area contributed by atoms with E-state index in [1.165, 1.54) is 6.20 Å². The van der Waals surface area contributed by atoms with Gasteiger partial charge < -0.3 is 19.9 Å². The number of ether oxygens (including phenoxy) is 2. The lowest BCUT2D eigenvalue weighted by Gasteiger charge is -2.14. The van der Waals surface area contributed by atoms with Crippen LogP contribution in [-0.2, 0) is 4.74 Å². The Balaban J connectivity index is 1.58. The van der Waals surface area contributed by atoms with Crippen molar-refractivity contribution in [2.24, 2.45) is 0 Å². The lowest BCUT2D eigenvalue weighted by Crippen LogP contribution is -2.38. The SMILES string of the molecule is OC(CNC1CCOC1)COc1cnsn1. The van der Waals surface area contributed by atoms with Crippen LogP contribution in [0.15, 0.2) is 6.20 Å². The van der Waals surface area contributed by atoms with Crippen LogP contribution in [0, 0.1) is 0 Å². The van der Waals surface area contributed by atoms with Gasteiger partial charge in [0.1, 0.15) is 18.9 Å². The van der Waals surface area contributed by atoms with Crippen molar-refractivity contribution in [3.63, 3.8) is 0 Å². The lowest BCUT2D eigenvalue weighted by molar-refractivity contribution is 0.100. The molecule has 0 aliphatic carbocycles. The largest absolute Gasteiger partial charge is 0.473 e. The summed E-state index contributed by atoms with van der Waals surface area (Å²) in [5, 5.41) is 12.9. The minimum absolute atomic E-state index is 0.228. The number of nitrogens with zero attached hydrogens (tertiary/aromatic N) is 2. The van der Waals surface area contributed by atoms with Gasteiger partial charge in [-0.05, 0) is 6.42 Å². The molecule has 1 fully saturated rings. The molecule has 1 aliphatic heterocycles. The van der Waals surface area contributed by atoms with E-state index in [0.717, 1.165) is 31.4 Å². The van der Waals surface area contributed by atoms with E-state index in [0.29, 0.717) is 18.5 Å². The number of aromatic nitrogens is 2. The number of aliphatic hydroxyl groups is 1. The minimum atomic E-state index is -0.540. The van der Waals surface area contributed by atoms with Crippen molar-refractivity contribution in [1.29, 1.82) is 0 Å². The predicted molar refractivity (Wildman–Crippen MR) is 58.6 cm³/mol. The summed E-state index contributed by atoms with van der Waals surface area (Å²) in [5.41, 5.74) is 0. The summed E-state index contributed by atoms with van der Waals surface area (Å²) in [5.74, 6) is 0.466. The molecule has 90 valence electrons. The molecule has 2 heterocycles. The normalized spacial score (nSPS) is 22.2. The average Bonchev–Trinajstić information content (AvgIpc) is 2.96. The van der Waals surface area contributed by atoms with Crippen LogP contribution in [0.5, 0.6) is 5.88 Å². The summed E-state index contributed by atoms with van der Waals surface area (Å²) in [6, 6.07) is 0.357. The van der Waals surface area contributed by atoms with E-state index in [-0.39, 0.29) is 6.61 Å². The molecular formula is C9H15N3O3S. The van der Waals surface area contributed by atoms with E-state index >= 15 is 0 Å². The molecule has 0 aromatic carbocycles. The fourth-order valence-corrected chi connectivity index (χ4v) is 1.82. The van der Waals surface area contributed by atoms with Gasteiger partial charge in [0.25, 0.3) is 0 Å². The van der Waals surface area contributed by atoms with Crippen LogP contribution in [0.3, 0.4) is 0 Å². The van der Waals surface area contributed by atoms with Crippen LogP contribution in [0.1, 0.15) is 6.42 Å². The maximum absolute atomic E-state index is 9.64. The molecule has 0 spiro atoms. The molecule has 0 saturated carbocycles. The third-order valence-electron chi connectivity index (χ3n) is 2.34. The number of nitrogens with one attached hydrogen (secondary N) is 1. The van der Waals surface area contributed by atoms with Gasteiger partial charge in [0, 0.05) is 19.2 Å². The zero-order valence-corrected chi connectivity index (χ0v) is 9.65. The molecule has 2 unspecified atom stereocenters. The Kier molecular flexibility index (Phi) is 4.46. The smallest absolute Gasteiger partial charge is 0.245 e. The highest BCUT2D eigenvalue weighted by Crippen LogP contribution is 2.06. The Morgan fingerprint density at radius 3 is 3.38 bits per heavy atom. The van der Waals surface area contributed by atoms with Crippen LogP contribution < -0.4 is 10.1 Å². The molecule has 1 aromatic rings. The Morgan fingerprint density at radius 2 is 2.69 bits per heavy atom. The number of hydrogen-bond acceptors (Lipinski definition) is 7. The van der Waals surface area contributed by atoms with E-state index in [2.05, 4.69) is 14.1 Å². The van der Waals surface area contributed by atoms with Gasteiger partial charge in [0.2, 0.25) is 5.88 Å². The molecule has 1 saturated heterocycles. The fraction of sp³-hybridized carbons (Fsp3) is 0.778. The molecule has 1 aromatic heterocycles. The van der Waals surface area contributed by atoms with Crippen LogP contribution in [0.25, 0.3) is 0 Å². The van der Waals surface area contributed by atoms with Gasteiger partial charge in [-0.25, -0.2) is 0 Å². The van der Waals surface area contributed by atoms with E-state index in [1.54, 1.807) is 0 Å². The molecule has 0 bridgehead atoms. The predicted octanol–water partition coefficient (Wildman–Crippen LogP) is -0.344. The second-order valence-electron chi connectivity index (χ2n) is 3.68. The van der Waals surface area contributed by atoms with Gasteiger partial charge in [-0.3, -0.25) is 0 Å². The molecule has 7 heteroatoms. The van der Waals surface area contributed by atoms with E-state index in [4.69, 9.17) is 9.47 Å².